The van der Waals surface area contributed by atoms with Crippen LogP contribution in [0.3, 0.4) is 0 Å². The van der Waals surface area contributed by atoms with Crippen molar-refractivity contribution in [1.29, 1.82) is 0 Å². The predicted octanol–water partition coefficient (Wildman–Crippen LogP) is 3.76. The van der Waals surface area contributed by atoms with Gasteiger partial charge in [0.1, 0.15) is 0 Å². The number of fused-ring (bicyclic) bond motifs is 1. The second-order valence-corrected chi connectivity index (χ2v) is 5.58. The zero-order valence-corrected chi connectivity index (χ0v) is 13.1. The Morgan fingerprint density at radius 3 is 2.73 bits per heavy atom. The number of rotatable bonds is 3. The number of pyridine rings is 1. The summed E-state index contributed by atoms with van der Waals surface area (Å²) < 4.78 is 0.848. The van der Waals surface area contributed by atoms with Gasteiger partial charge in [0.05, 0.1) is 11.9 Å². The Morgan fingerprint density at radius 2 is 1.91 bits per heavy atom. The summed E-state index contributed by atoms with van der Waals surface area (Å²) in [7, 11) is 0. The first kappa shape index (κ1) is 14.4. The van der Waals surface area contributed by atoms with Crippen LogP contribution in [0.25, 0.3) is 10.8 Å². The van der Waals surface area contributed by atoms with Crippen LogP contribution in [-0.2, 0) is 0 Å². The fourth-order valence-corrected chi connectivity index (χ4v) is 2.42. The van der Waals surface area contributed by atoms with Crippen molar-refractivity contribution in [2.24, 2.45) is 5.10 Å². The van der Waals surface area contributed by atoms with E-state index >= 15 is 0 Å². The van der Waals surface area contributed by atoms with Crippen molar-refractivity contribution in [3.63, 3.8) is 0 Å². The van der Waals surface area contributed by atoms with Crippen molar-refractivity contribution in [3.05, 3.63) is 76.5 Å². The zero-order chi connectivity index (χ0) is 15.4. The number of benzene rings is 2. The Labute approximate surface area is 136 Å². The molecule has 22 heavy (non-hydrogen) atoms. The molecule has 0 aliphatic rings. The van der Waals surface area contributed by atoms with Crippen LogP contribution in [0.1, 0.15) is 16.1 Å². The fraction of sp³-hybridized carbons (Fsp3) is 0. The highest BCUT2D eigenvalue weighted by atomic mass is 79.9. The third-order valence-electron chi connectivity index (χ3n) is 3.10. The van der Waals surface area contributed by atoms with Crippen LogP contribution >= 0.6 is 15.9 Å². The molecule has 4 nitrogen and oxygen atoms in total. The summed E-state index contributed by atoms with van der Waals surface area (Å²) in [6.07, 6.45) is 3.31. The first-order valence-electron chi connectivity index (χ1n) is 6.66. The molecular weight excluding hydrogens is 342 g/mol. The first-order chi connectivity index (χ1) is 10.7. The van der Waals surface area contributed by atoms with Gasteiger partial charge in [-0.05, 0) is 29.7 Å². The molecule has 0 unspecified atom stereocenters. The molecule has 3 rings (SSSR count). The van der Waals surface area contributed by atoms with Crippen LogP contribution in [0.5, 0.6) is 0 Å². The van der Waals surface area contributed by atoms with Crippen molar-refractivity contribution in [2.45, 2.75) is 0 Å². The fourth-order valence-electron chi connectivity index (χ4n) is 2.02. The smallest absolute Gasteiger partial charge is 0.267 e. The maximum Gasteiger partial charge on any atom is 0.271 e. The highest BCUT2D eigenvalue weighted by Gasteiger charge is 2.03. The Bertz CT molecular complexity index is 861. The van der Waals surface area contributed by atoms with E-state index in [2.05, 4.69) is 31.4 Å². The normalized spacial score (nSPS) is 11.0. The third kappa shape index (κ3) is 3.38. The number of nitrogens with one attached hydrogen (secondary N) is 1. The molecule has 0 atom stereocenters. The molecule has 0 bridgehead atoms. The lowest BCUT2D eigenvalue weighted by molar-refractivity contribution is 0.0955. The van der Waals surface area contributed by atoms with Crippen LogP contribution in [0.4, 0.5) is 0 Å². The number of carbonyl (C=O) groups excluding carboxylic acids is 1. The Kier molecular flexibility index (Phi) is 4.25. The molecule has 5 heteroatoms. The van der Waals surface area contributed by atoms with Crippen LogP contribution in [0.15, 0.2) is 70.4 Å². The van der Waals surface area contributed by atoms with Gasteiger partial charge in [0.2, 0.25) is 0 Å². The Hall–Kier alpha value is -2.53. The van der Waals surface area contributed by atoms with E-state index in [1.165, 1.54) is 6.21 Å². The number of hydrazone groups is 1. The summed E-state index contributed by atoms with van der Waals surface area (Å²) in [5.41, 5.74) is 3.72. The first-order valence-corrected chi connectivity index (χ1v) is 7.45. The van der Waals surface area contributed by atoms with Gasteiger partial charge in [-0.25, -0.2) is 5.43 Å². The number of aromatic nitrogens is 1. The van der Waals surface area contributed by atoms with Gasteiger partial charge in [0, 0.05) is 21.6 Å². The van der Waals surface area contributed by atoms with Crippen LogP contribution in [0, 0.1) is 0 Å². The highest BCUT2D eigenvalue weighted by molar-refractivity contribution is 9.10. The lowest BCUT2D eigenvalue weighted by atomic mass is 10.1. The minimum Gasteiger partial charge on any atom is -0.267 e. The van der Waals surface area contributed by atoms with E-state index in [1.807, 2.05) is 36.4 Å². The lowest BCUT2D eigenvalue weighted by Gasteiger charge is -2.00. The number of nitrogens with zero attached hydrogens (tertiary/aromatic N) is 2. The molecule has 0 aliphatic heterocycles. The molecule has 3 aromatic rings. The van der Waals surface area contributed by atoms with Crippen molar-refractivity contribution in [1.82, 2.24) is 10.4 Å². The number of carbonyl (C=O) groups is 1. The second kappa shape index (κ2) is 6.49. The summed E-state index contributed by atoms with van der Waals surface area (Å²) in [5.74, 6) is -0.265. The van der Waals surface area contributed by atoms with Gasteiger partial charge >= 0.3 is 0 Å². The van der Waals surface area contributed by atoms with Crippen molar-refractivity contribution < 1.29 is 4.79 Å². The van der Waals surface area contributed by atoms with E-state index < -0.39 is 0 Å². The van der Waals surface area contributed by atoms with Gasteiger partial charge in [0.25, 0.3) is 5.91 Å². The van der Waals surface area contributed by atoms with Gasteiger partial charge in [-0.3, -0.25) is 9.78 Å². The molecule has 1 aromatic heterocycles. The molecule has 0 saturated carbocycles. The molecule has 0 fully saturated rings. The summed E-state index contributed by atoms with van der Waals surface area (Å²) in [6, 6.07) is 17.0. The summed E-state index contributed by atoms with van der Waals surface area (Å²) >= 11 is 3.33. The lowest BCUT2D eigenvalue weighted by Crippen LogP contribution is -2.17. The quantitative estimate of drug-likeness (QED) is 0.575. The Balaban J connectivity index is 1.72. The maximum absolute atomic E-state index is 11.9. The average molecular weight is 354 g/mol. The van der Waals surface area contributed by atoms with Gasteiger partial charge < -0.3 is 0 Å². The average Bonchev–Trinajstić information content (AvgIpc) is 2.54. The van der Waals surface area contributed by atoms with E-state index in [-0.39, 0.29) is 5.91 Å². The number of hydrogen-bond donors (Lipinski definition) is 1. The number of halogens is 1. The molecule has 2 aromatic carbocycles. The minimum absolute atomic E-state index is 0.265. The van der Waals surface area contributed by atoms with Crippen LogP contribution < -0.4 is 5.43 Å². The van der Waals surface area contributed by atoms with E-state index in [0.717, 1.165) is 15.2 Å². The third-order valence-corrected chi connectivity index (χ3v) is 3.60. The van der Waals surface area contributed by atoms with Crippen molar-refractivity contribution in [2.75, 3.05) is 0 Å². The molecule has 0 radical (unpaired) electrons. The molecule has 0 saturated heterocycles. The summed E-state index contributed by atoms with van der Waals surface area (Å²) in [6.45, 7) is 0. The standard InChI is InChI=1S/C17H12BrN3O/c18-15-7-3-6-13(8-15)17(22)21-20-11-16-9-12-4-1-2-5-14(12)10-19-16/h1-11H,(H,21,22)/b20-11+. The summed E-state index contributed by atoms with van der Waals surface area (Å²) in [5, 5.41) is 6.10. The number of amides is 1. The van der Waals surface area contributed by atoms with E-state index in [4.69, 9.17) is 0 Å². The molecule has 1 amide bonds. The maximum atomic E-state index is 11.9. The largest absolute Gasteiger partial charge is 0.271 e. The minimum atomic E-state index is -0.265. The SMILES string of the molecule is O=C(N/N=C/c1cc2ccccc2cn1)c1cccc(Br)c1. The van der Waals surface area contributed by atoms with E-state index in [0.29, 0.717) is 11.3 Å². The monoisotopic (exact) mass is 353 g/mol. The van der Waals surface area contributed by atoms with E-state index in [1.54, 1.807) is 24.4 Å². The molecule has 1 N–H and O–H groups in total. The van der Waals surface area contributed by atoms with Crippen molar-refractivity contribution in [3.8, 4) is 0 Å². The molecule has 0 aliphatic carbocycles. The second-order valence-electron chi connectivity index (χ2n) is 4.67. The van der Waals surface area contributed by atoms with Gasteiger partial charge in [-0.2, -0.15) is 5.10 Å². The summed E-state index contributed by atoms with van der Waals surface area (Å²) in [4.78, 5) is 16.2. The zero-order valence-electron chi connectivity index (χ0n) is 11.5. The molecular formula is C17H12BrN3O. The van der Waals surface area contributed by atoms with Crippen molar-refractivity contribution >= 4 is 38.8 Å². The van der Waals surface area contributed by atoms with Crippen LogP contribution in [-0.4, -0.2) is 17.1 Å². The van der Waals surface area contributed by atoms with E-state index in [9.17, 15) is 4.79 Å². The highest BCUT2D eigenvalue weighted by Crippen LogP contribution is 2.13. The predicted molar refractivity (Wildman–Crippen MR) is 90.9 cm³/mol. The van der Waals surface area contributed by atoms with Gasteiger partial charge in [0.15, 0.2) is 0 Å². The molecule has 1 heterocycles. The van der Waals surface area contributed by atoms with Gasteiger partial charge in [-0.15, -0.1) is 0 Å². The topological polar surface area (TPSA) is 54.4 Å². The molecule has 108 valence electrons. The van der Waals surface area contributed by atoms with Crippen LogP contribution in [0.2, 0.25) is 0 Å². The van der Waals surface area contributed by atoms with Gasteiger partial charge in [-0.1, -0.05) is 46.3 Å². The Morgan fingerprint density at radius 1 is 1.09 bits per heavy atom. The number of hydrogen-bond acceptors (Lipinski definition) is 3. The molecule has 0 spiro atoms.